The summed E-state index contributed by atoms with van der Waals surface area (Å²) in [5.74, 6) is 0.179. The molecule has 0 fully saturated rings. The van der Waals surface area contributed by atoms with Crippen LogP contribution in [-0.2, 0) is 4.79 Å². The average Bonchev–Trinajstić information content (AvgIpc) is 3.50. The molecule has 0 spiro atoms. The molecule has 44 heavy (non-hydrogen) atoms. The van der Waals surface area contributed by atoms with Crippen LogP contribution >= 0.6 is 22.9 Å². The van der Waals surface area contributed by atoms with Gasteiger partial charge in [-0.1, -0.05) is 35.9 Å². The minimum Gasteiger partial charge on any atom is -0.493 e. The van der Waals surface area contributed by atoms with Gasteiger partial charge in [0, 0.05) is 32.9 Å². The Morgan fingerprint density at radius 1 is 0.955 bits per heavy atom. The number of hydrogen-bond donors (Lipinski definition) is 3. The lowest BCUT2D eigenvalue weighted by Crippen LogP contribution is -2.20. The highest BCUT2D eigenvalue weighted by Crippen LogP contribution is 2.29. The molecule has 0 saturated carbocycles. The van der Waals surface area contributed by atoms with E-state index in [9.17, 15) is 9.59 Å². The maximum Gasteiger partial charge on any atom is 0.271 e. The highest BCUT2D eigenvalue weighted by Gasteiger charge is 2.11. The first-order valence-electron chi connectivity index (χ1n) is 13.5. The molecule has 5 rings (SSSR count). The van der Waals surface area contributed by atoms with E-state index < -0.39 is 0 Å². The predicted molar refractivity (Wildman–Crippen MR) is 176 cm³/mol. The second-order valence-electron chi connectivity index (χ2n) is 9.56. The van der Waals surface area contributed by atoms with E-state index in [1.54, 1.807) is 30.3 Å². The lowest BCUT2D eigenvalue weighted by molar-refractivity contribution is -0.118. The molecular formula is C33H28ClN5O4S. The van der Waals surface area contributed by atoms with Crippen LogP contribution in [0.4, 0.5) is 16.5 Å². The van der Waals surface area contributed by atoms with Gasteiger partial charge in [-0.25, -0.2) is 10.4 Å². The van der Waals surface area contributed by atoms with Crippen LogP contribution in [0.1, 0.15) is 21.5 Å². The summed E-state index contributed by atoms with van der Waals surface area (Å²) in [7, 11) is 1.50. The Morgan fingerprint density at radius 3 is 2.50 bits per heavy atom. The van der Waals surface area contributed by atoms with E-state index in [1.807, 2.05) is 73.0 Å². The Morgan fingerprint density at radius 2 is 1.75 bits per heavy atom. The molecule has 0 aliphatic rings. The molecule has 1 heterocycles. The topological polar surface area (TPSA) is 114 Å². The van der Waals surface area contributed by atoms with Crippen LogP contribution in [-0.4, -0.2) is 36.7 Å². The van der Waals surface area contributed by atoms with Gasteiger partial charge in [-0.05, 0) is 84.8 Å². The molecule has 222 valence electrons. The molecule has 0 atom stereocenters. The van der Waals surface area contributed by atoms with Gasteiger partial charge in [0.15, 0.2) is 23.2 Å². The highest BCUT2D eigenvalue weighted by atomic mass is 35.5. The van der Waals surface area contributed by atoms with Gasteiger partial charge >= 0.3 is 0 Å². The van der Waals surface area contributed by atoms with Crippen molar-refractivity contribution in [3.63, 3.8) is 0 Å². The number of halogens is 1. The number of hydrogen-bond acceptors (Lipinski definition) is 8. The Hall–Kier alpha value is -5.19. The molecule has 5 aromatic rings. The number of nitrogens with zero attached hydrogens (tertiary/aromatic N) is 2. The number of carbonyl (C=O) groups is 2. The summed E-state index contributed by atoms with van der Waals surface area (Å²) in [6.45, 7) is 1.77. The molecule has 9 nitrogen and oxygen atoms in total. The first kappa shape index (κ1) is 30.3. The van der Waals surface area contributed by atoms with Crippen LogP contribution < -0.4 is 25.5 Å². The van der Waals surface area contributed by atoms with E-state index in [-0.39, 0.29) is 18.4 Å². The molecule has 0 aliphatic heterocycles. The van der Waals surface area contributed by atoms with Gasteiger partial charge < -0.3 is 20.1 Å². The average molecular weight is 626 g/mol. The summed E-state index contributed by atoms with van der Waals surface area (Å²) in [5.41, 5.74) is 7.97. The van der Waals surface area contributed by atoms with E-state index in [4.69, 9.17) is 21.1 Å². The predicted octanol–water partition coefficient (Wildman–Crippen LogP) is 7.31. The van der Waals surface area contributed by atoms with Crippen LogP contribution in [0.5, 0.6) is 11.5 Å². The zero-order valence-electron chi connectivity index (χ0n) is 23.8. The summed E-state index contributed by atoms with van der Waals surface area (Å²) >= 11 is 7.43. The van der Waals surface area contributed by atoms with Crippen LogP contribution in [0.25, 0.3) is 11.3 Å². The number of methoxy groups -OCH3 is 1. The molecule has 0 aliphatic carbocycles. The molecule has 1 aromatic heterocycles. The number of benzene rings is 4. The van der Waals surface area contributed by atoms with Crippen molar-refractivity contribution < 1.29 is 19.1 Å². The van der Waals surface area contributed by atoms with Crippen molar-refractivity contribution in [1.29, 1.82) is 0 Å². The lowest BCUT2D eigenvalue weighted by atomic mass is 10.1. The van der Waals surface area contributed by atoms with Gasteiger partial charge in [0.25, 0.3) is 11.8 Å². The number of aromatic nitrogens is 1. The standard InChI is InChI=1S/C33H28ClN5O4S/c1-21-4-3-5-27(16-21)36-31(40)19-43-29-15-6-22(17-30(29)42-2)18-35-39-32(41)24-9-7-23(8-10-24)28-20-44-33(38-28)37-26-13-11-25(34)12-14-26/h3-18,20H,19H2,1-2H3,(H,36,40)(H,37,38)(H,39,41)/b35-18-. The van der Waals surface area contributed by atoms with Crippen molar-refractivity contribution in [1.82, 2.24) is 10.4 Å². The smallest absolute Gasteiger partial charge is 0.271 e. The number of anilines is 3. The van der Waals surface area contributed by atoms with Crippen molar-refractivity contribution >= 4 is 57.5 Å². The van der Waals surface area contributed by atoms with E-state index in [0.29, 0.717) is 33.3 Å². The SMILES string of the molecule is COc1cc(/C=N\NC(=O)c2ccc(-c3csc(Nc4ccc(Cl)cc4)n3)cc2)ccc1OCC(=O)Nc1cccc(C)c1. The number of carbonyl (C=O) groups excluding carboxylic acids is 2. The zero-order valence-corrected chi connectivity index (χ0v) is 25.4. The minimum absolute atomic E-state index is 0.184. The van der Waals surface area contributed by atoms with Crippen LogP contribution in [0.2, 0.25) is 5.02 Å². The second kappa shape index (κ2) is 14.3. The van der Waals surface area contributed by atoms with Crippen molar-refractivity contribution in [3.05, 3.63) is 118 Å². The van der Waals surface area contributed by atoms with Crippen molar-refractivity contribution in [2.24, 2.45) is 5.10 Å². The Bertz CT molecular complexity index is 1790. The van der Waals surface area contributed by atoms with E-state index in [2.05, 4.69) is 26.1 Å². The normalized spacial score (nSPS) is 10.8. The summed E-state index contributed by atoms with van der Waals surface area (Å²) in [4.78, 5) is 29.6. The van der Waals surface area contributed by atoms with Crippen LogP contribution in [0, 0.1) is 6.92 Å². The number of rotatable bonds is 11. The molecular weight excluding hydrogens is 598 g/mol. The molecule has 2 amide bonds. The first-order valence-corrected chi connectivity index (χ1v) is 14.7. The Kier molecular flexibility index (Phi) is 9.85. The number of thiazole rings is 1. The van der Waals surface area contributed by atoms with Crippen molar-refractivity contribution in [2.75, 3.05) is 24.4 Å². The third-order valence-electron chi connectivity index (χ3n) is 6.27. The third kappa shape index (κ3) is 8.21. The molecule has 0 radical (unpaired) electrons. The van der Waals surface area contributed by atoms with Crippen LogP contribution in [0.3, 0.4) is 0 Å². The third-order valence-corrected chi connectivity index (χ3v) is 7.28. The number of hydrazone groups is 1. The summed E-state index contributed by atoms with van der Waals surface area (Å²) in [6.07, 6.45) is 1.49. The van der Waals surface area contributed by atoms with Gasteiger partial charge in [-0.2, -0.15) is 5.10 Å². The van der Waals surface area contributed by atoms with Gasteiger partial charge in [0.1, 0.15) is 0 Å². The fraction of sp³-hybridized carbons (Fsp3) is 0.0909. The number of amides is 2. The minimum atomic E-state index is -0.359. The first-order chi connectivity index (χ1) is 21.4. The molecule has 0 saturated heterocycles. The monoisotopic (exact) mass is 625 g/mol. The van der Waals surface area contributed by atoms with Gasteiger partial charge in [-0.3, -0.25) is 9.59 Å². The summed E-state index contributed by atoms with van der Waals surface area (Å²) in [5, 5.41) is 13.5. The Balaban J connectivity index is 1.13. The lowest BCUT2D eigenvalue weighted by Gasteiger charge is -2.11. The van der Waals surface area contributed by atoms with E-state index in [0.717, 1.165) is 27.6 Å². The summed E-state index contributed by atoms with van der Waals surface area (Å²) < 4.78 is 11.1. The van der Waals surface area contributed by atoms with Gasteiger partial charge in [-0.15, -0.1) is 11.3 Å². The highest BCUT2D eigenvalue weighted by molar-refractivity contribution is 7.14. The van der Waals surface area contributed by atoms with Gasteiger partial charge in [0.2, 0.25) is 0 Å². The number of nitrogens with one attached hydrogen (secondary N) is 3. The number of aryl methyl sites for hydroxylation is 1. The number of ether oxygens (including phenoxy) is 2. The van der Waals surface area contributed by atoms with Crippen molar-refractivity contribution in [2.45, 2.75) is 6.92 Å². The molecule has 11 heteroatoms. The van der Waals surface area contributed by atoms with E-state index >= 15 is 0 Å². The van der Waals surface area contributed by atoms with E-state index in [1.165, 1.54) is 24.7 Å². The largest absolute Gasteiger partial charge is 0.493 e. The fourth-order valence-corrected chi connectivity index (χ4v) is 4.96. The van der Waals surface area contributed by atoms with Crippen molar-refractivity contribution in [3.8, 4) is 22.8 Å². The van der Waals surface area contributed by atoms with Crippen LogP contribution in [0.15, 0.2) is 101 Å². The maximum atomic E-state index is 12.6. The zero-order chi connectivity index (χ0) is 30.9. The Labute approximate surface area is 263 Å². The summed E-state index contributed by atoms with van der Waals surface area (Å²) in [6, 6.07) is 27.1. The molecule has 3 N–H and O–H groups in total. The quantitative estimate of drug-likeness (QED) is 0.105. The molecule has 0 bridgehead atoms. The molecule has 0 unspecified atom stereocenters. The maximum absolute atomic E-state index is 12.6. The van der Waals surface area contributed by atoms with Gasteiger partial charge in [0.05, 0.1) is 19.0 Å². The second-order valence-corrected chi connectivity index (χ2v) is 10.9. The fourth-order valence-electron chi connectivity index (χ4n) is 4.09. The molecule has 4 aromatic carbocycles.